The lowest BCUT2D eigenvalue weighted by Gasteiger charge is -2.07. The quantitative estimate of drug-likeness (QED) is 0.743. The average molecular weight is 362 g/mol. The van der Waals surface area contributed by atoms with Crippen molar-refractivity contribution in [1.29, 1.82) is 10.5 Å². The Bertz CT molecular complexity index is 632. The maximum Gasteiger partial charge on any atom is 0.0992 e. The van der Waals surface area contributed by atoms with Crippen LogP contribution in [0.1, 0.15) is 11.1 Å². The van der Waals surface area contributed by atoms with Crippen molar-refractivity contribution in [3.05, 3.63) is 56.5 Å². The van der Waals surface area contributed by atoms with Gasteiger partial charge in [-0.3, -0.25) is 0 Å². The Morgan fingerprint density at radius 1 is 0.722 bits per heavy atom. The number of rotatable bonds is 1. The Morgan fingerprint density at radius 3 is 1.39 bits per heavy atom. The predicted molar refractivity (Wildman–Crippen MR) is 76.7 cm³/mol. The second kappa shape index (κ2) is 5.35. The normalized spacial score (nSPS) is 9.56. The molecule has 0 aliphatic rings. The zero-order valence-corrected chi connectivity index (χ0v) is 12.3. The zero-order chi connectivity index (χ0) is 13.1. The van der Waals surface area contributed by atoms with Crippen molar-refractivity contribution in [2.45, 2.75) is 0 Å². The maximum absolute atomic E-state index is 8.83. The highest BCUT2D eigenvalue weighted by atomic mass is 79.9. The van der Waals surface area contributed by atoms with E-state index in [0.29, 0.717) is 11.1 Å². The Kier molecular flexibility index (Phi) is 3.81. The minimum absolute atomic E-state index is 0.607. The minimum atomic E-state index is 0.607. The van der Waals surface area contributed by atoms with E-state index in [1.165, 1.54) is 0 Å². The summed E-state index contributed by atoms with van der Waals surface area (Å²) in [7, 11) is 0. The lowest BCUT2D eigenvalue weighted by Crippen LogP contribution is -1.85. The minimum Gasteiger partial charge on any atom is -0.192 e. The predicted octanol–water partition coefficient (Wildman–Crippen LogP) is 4.62. The standard InChI is InChI=1S/C14H6Br2N2/c15-13-5-9(7-17)1-3-11(13)12-4-2-10(8-18)6-14(12)16/h1-6H. The van der Waals surface area contributed by atoms with Gasteiger partial charge in [0.1, 0.15) is 0 Å². The second-order valence-electron chi connectivity index (χ2n) is 3.61. The van der Waals surface area contributed by atoms with Gasteiger partial charge in [0.25, 0.3) is 0 Å². The molecule has 2 aromatic carbocycles. The molecule has 0 saturated heterocycles. The summed E-state index contributed by atoms with van der Waals surface area (Å²) in [6, 6.07) is 15.0. The molecule has 0 atom stereocenters. The first-order chi connectivity index (χ1) is 8.65. The number of hydrogen-bond donors (Lipinski definition) is 0. The molecule has 0 aromatic heterocycles. The summed E-state index contributed by atoms with van der Waals surface area (Å²) in [5, 5.41) is 17.7. The highest BCUT2D eigenvalue weighted by molar-refractivity contribution is 9.11. The first-order valence-corrected chi connectivity index (χ1v) is 6.64. The van der Waals surface area contributed by atoms with E-state index in [4.69, 9.17) is 10.5 Å². The molecular weight excluding hydrogens is 356 g/mol. The van der Waals surface area contributed by atoms with Crippen LogP contribution in [0.4, 0.5) is 0 Å². The van der Waals surface area contributed by atoms with Gasteiger partial charge in [-0.25, -0.2) is 0 Å². The molecule has 0 aliphatic carbocycles. The first-order valence-electron chi connectivity index (χ1n) is 5.05. The maximum atomic E-state index is 8.83. The van der Waals surface area contributed by atoms with Crippen LogP contribution in [-0.4, -0.2) is 0 Å². The summed E-state index contributed by atoms with van der Waals surface area (Å²) in [5.74, 6) is 0. The van der Waals surface area contributed by atoms with Gasteiger partial charge in [0.2, 0.25) is 0 Å². The van der Waals surface area contributed by atoms with Crippen LogP contribution in [0.5, 0.6) is 0 Å². The van der Waals surface area contributed by atoms with Crippen molar-refractivity contribution < 1.29 is 0 Å². The summed E-state index contributed by atoms with van der Waals surface area (Å²) in [6.45, 7) is 0. The third-order valence-electron chi connectivity index (χ3n) is 2.49. The van der Waals surface area contributed by atoms with Crippen molar-refractivity contribution in [3.8, 4) is 23.3 Å². The van der Waals surface area contributed by atoms with Gasteiger partial charge in [-0.15, -0.1) is 0 Å². The van der Waals surface area contributed by atoms with Gasteiger partial charge in [-0.05, 0) is 35.4 Å². The summed E-state index contributed by atoms with van der Waals surface area (Å²) < 4.78 is 1.71. The third kappa shape index (κ3) is 2.46. The van der Waals surface area contributed by atoms with Crippen molar-refractivity contribution in [3.63, 3.8) is 0 Å². The molecule has 0 saturated carbocycles. The van der Waals surface area contributed by atoms with Crippen molar-refractivity contribution >= 4 is 31.9 Å². The van der Waals surface area contributed by atoms with Crippen molar-refractivity contribution in [2.75, 3.05) is 0 Å². The summed E-state index contributed by atoms with van der Waals surface area (Å²) in [6.07, 6.45) is 0. The number of hydrogen-bond acceptors (Lipinski definition) is 2. The van der Waals surface area contributed by atoms with E-state index in [-0.39, 0.29) is 0 Å². The van der Waals surface area contributed by atoms with E-state index in [0.717, 1.165) is 20.1 Å². The number of benzene rings is 2. The fourth-order valence-electron chi connectivity index (χ4n) is 1.61. The number of nitrogens with zero attached hydrogens (tertiary/aromatic N) is 2. The fourth-order valence-corrected chi connectivity index (χ4v) is 2.79. The van der Waals surface area contributed by atoms with Gasteiger partial charge in [-0.1, -0.05) is 44.0 Å². The van der Waals surface area contributed by atoms with Gasteiger partial charge in [0, 0.05) is 8.95 Å². The van der Waals surface area contributed by atoms with Gasteiger partial charge in [-0.2, -0.15) is 10.5 Å². The fraction of sp³-hybridized carbons (Fsp3) is 0. The Morgan fingerprint density at radius 2 is 1.11 bits per heavy atom. The first kappa shape index (κ1) is 12.8. The van der Waals surface area contributed by atoms with E-state index < -0.39 is 0 Å². The number of nitriles is 2. The molecule has 0 aliphatic heterocycles. The van der Waals surface area contributed by atoms with Crippen molar-refractivity contribution in [1.82, 2.24) is 0 Å². The van der Waals surface area contributed by atoms with E-state index >= 15 is 0 Å². The molecule has 0 amide bonds. The van der Waals surface area contributed by atoms with Gasteiger partial charge < -0.3 is 0 Å². The van der Waals surface area contributed by atoms with Crippen LogP contribution in [0.3, 0.4) is 0 Å². The number of halogens is 2. The van der Waals surface area contributed by atoms with E-state index in [9.17, 15) is 0 Å². The summed E-state index contributed by atoms with van der Waals surface area (Å²) in [5.41, 5.74) is 3.17. The highest BCUT2D eigenvalue weighted by Crippen LogP contribution is 2.34. The summed E-state index contributed by atoms with van der Waals surface area (Å²) >= 11 is 6.91. The van der Waals surface area contributed by atoms with Crippen LogP contribution in [0.15, 0.2) is 45.3 Å². The molecule has 86 valence electrons. The molecule has 0 bridgehead atoms. The van der Waals surface area contributed by atoms with Crippen LogP contribution >= 0.6 is 31.9 Å². The lowest BCUT2D eigenvalue weighted by atomic mass is 10.0. The van der Waals surface area contributed by atoms with E-state index in [1.54, 1.807) is 24.3 Å². The molecule has 2 rings (SSSR count). The molecule has 0 fully saturated rings. The Labute approximate surface area is 122 Å². The SMILES string of the molecule is N#Cc1ccc(-c2ccc(C#N)cc2Br)c(Br)c1. The van der Waals surface area contributed by atoms with Crippen LogP contribution in [0.2, 0.25) is 0 Å². The molecule has 0 N–H and O–H groups in total. The molecule has 18 heavy (non-hydrogen) atoms. The lowest BCUT2D eigenvalue weighted by molar-refractivity contribution is 1.45. The van der Waals surface area contributed by atoms with Crippen LogP contribution in [-0.2, 0) is 0 Å². The van der Waals surface area contributed by atoms with Crippen LogP contribution < -0.4 is 0 Å². The molecule has 2 nitrogen and oxygen atoms in total. The van der Waals surface area contributed by atoms with E-state index in [1.807, 2.05) is 12.1 Å². The zero-order valence-electron chi connectivity index (χ0n) is 9.11. The van der Waals surface area contributed by atoms with E-state index in [2.05, 4.69) is 44.0 Å². The third-order valence-corrected chi connectivity index (χ3v) is 3.80. The molecule has 0 unspecified atom stereocenters. The largest absolute Gasteiger partial charge is 0.192 e. The Balaban J connectivity index is 2.57. The molecule has 0 radical (unpaired) electrons. The monoisotopic (exact) mass is 360 g/mol. The topological polar surface area (TPSA) is 47.6 Å². The smallest absolute Gasteiger partial charge is 0.0992 e. The average Bonchev–Trinajstić information content (AvgIpc) is 2.39. The molecule has 0 heterocycles. The molecule has 0 spiro atoms. The highest BCUT2D eigenvalue weighted by Gasteiger charge is 2.08. The Hall–Kier alpha value is -1.62. The summed E-state index contributed by atoms with van der Waals surface area (Å²) in [4.78, 5) is 0. The molecule has 4 heteroatoms. The van der Waals surface area contributed by atoms with Crippen LogP contribution in [0, 0.1) is 22.7 Å². The van der Waals surface area contributed by atoms with Gasteiger partial charge >= 0.3 is 0 Å². The van der Waals surface area contributed by atoms with Crippen LogP contribution in [0.25, 0.3) is 11.1 Å². The van der Waals surface area contributed by atoms with Gasteiger partial charge in [0.05, 0.1) is 23.3 Å². The molecule has 2 aromatic rings. The molecular formula is C14H6Br2N2. The van der Waals surface area contributed by atoms with Gasteiger partial charge in [0.15, 0.2) is 0 Å². The second-order valence-corrected chi connectivity index (χ2v) is 5.32. The van der Waals surface area contributed by atoms with Crippen molar-refractivity contribution in [2.24, 2.45) is 0 Å².